The van der Waals surface area contributed by atoms with Crippen LogP contribution in [0.4, 0.5) is 0 Å². The van der Waals surface area contributed by atoms with Gasteiger partial charge in [0.05, 0.1) is 10.6 Å². The van der Waals surface area contributed by atoms with Crippen molar-refractivity contribution in [3.8, 4) is 21.7 Å². The minimum Gasteiger partial charge on any atom is -0.238 e. The topological polar surface area (TPSA) is 49.1 Å². The Balaban J connectivity index is 1.76. The highest BCUT2D eigenvalue weighted by atomic mass is 32.1. The molecular weight excluding hydrogens is 362 g/mol. The molecule has 0 aliphatic rings. The lowest BCUT2D eigenvalue weighted by Gasteiger charge is -2.02. The Bertz CT molecular complexity index is 1010. The van der Waals surface area contributed by atoms with Gasteiger partial charge in [0.15, 0.2) is 0 Å². The van der Waals surface area contributed by atoms with Crippen LogP contribution in [0.25, 0.3) is 27.8 Å². The lowest BCUT2D eigenvalue weighted by molar-refractivity contribution is 0.797. The van der Waals surface area contributed by atoms with Crippen molar-refractivity contribution in [2.75, 3.05) is 0 Å². The zero-order valence-corrected chi connectivity index (χ0v) is 16.0. The van der Waals surface area contributed by atoms with E-state index < -0.39 is 6.04 Å². The molecule has 3 nitrogen and oxygen atoms in total. The lowest BCUT2D eigenvalue weighted by Crippen LogP contribution is -1.90. The molecule has 3 aromatic carbocycles. The first-order valence-corrected chi connectivity index (χ1v) is 9.88. The third-order valence-corrected chi connectivity index (χ3v) is 5.56. The first-order valence-electron chi connectivity index (χ1n) is 9.06. The number of aromatic nitrogens is 1. The van der Waals surface area contributed by atoms with Crippen molar-refractivity contribution in [2.45, 2.75) is 6.04 Å². The van der Waals surface area contributed by atoms with Crippen LogP contribution in [0, 0.1) is 5.53 Å². The van der Waals surface area contributed by atoms with Crippen LogP contribution in [0.1, 0.15) is 16.6 Å². The Labute approximate surface area is 168 Å². The molecule has 0 fully saturated rings. The number of benzene rings is 3. The summed E-state index contributed by atoms with van der Waals surface area (Å²) in [5.74, 6) is 0. The molecule has 1 heterocycles. The predicted molar refractivity (Wildman–Crippen MR) is 116 cm³/mol. The van der Waals surface area contributed by atoms with Crippen LogP contribution in [0.5, 0.6) is 0 Å². The first-order chi connectivity index (χ1) is 13.8. The molecule has 1 aromatic heterocycles. The van der Waals surface area contributed by atoms with Gasteiger partial charge in [-0.15, -0.1) is 11.3 Å². The molecule has 0 saturated heterocycles. The molecule has 0 aliphatic carbocycles. The number of thiazole rings is 1. The standard InChI is InChI=1S/C24H19N3S/c25-27-21(17-16-18-10-4-1-5-11-18)24-26-22(19-12-6-2-7-13-19)23(28-24)20-14-8-3-9-15-20/h1-17,21,25H. The van der Waals surface area contributed by atoms with Crippen LogP contribution in [0.3, 0.4) is 0 Å². The van der Waals surface area contributed by atoms with E-state index in [4.69, 9.17) is 10.5 Å². The zero-order chi connectivity index (χ0) is 19.2. The molecule has 4 aromatic rings. The molecule has 1 unspecified atom stereocenters. The Kier molecular flexibility index (Phi) is 5.50. The van der Waals surface area contributed by atoms with E-state index in [1.54, 1.807) is 11.3 Å². The van der Waals surface area contributed by atoms with Gasteiger partial charge >= 0.3 is 0 Å². The molecule has 1 atom stereocenters. The number of rotatable bonds is 6. The Morgan fingerprint density at radius 3 is 1.96 bits per heavy atom. The summed E-state index contributed by atoms with van der Waals surface area (Å²) in [6.45, 7) is 0. The SMILES string of the molecule is N=NC(C=Cc1ccccc1)c1nc(-c2ccccc2)c(-c2ccccc2)s1. The fourth-order valence-corrected chi connectivity index (χ4v) is 4.10. The summed E-state index contributed by atoms with van der Waals surface area (Å²) in [5.41, 5.74) is 11.9. The zero-order valence-electron chi connectivity index (χ0n) is 15.2. The third-order valence-electron chi connectivity index (χ3n) is 4.39. The summed E-state index contributed by atoms with van der Waals surface area (Å²) in [6.07, 6.45) is 3.93. The second-order valence-corrected chi connectivity index (χ2v) is 7.34. The van der Waals surface area contributed by atoms with Gasteiger partial charge in [-0.1, -0.05) is 103 Å². The summed E-state index contributed by atoms with van der Waals surface area (Å²) in [4.78, 5) is 5.99. The molecule has 0 amide bonds. The van der Waals surface area contributed by atoms with E-state index in [-0.39, 0.29) is 0 Å². The molecule has 1 N–H and O–H groups in total. The fourth-order valence-electron chi connectivity index (χ4n) is 2.99. The van der Waals surface area contributed by atoms with Gasteiger partial charge in [0.25, 0.3) is 0 Å². The minimum atomic E-state index is -0.398. The highest BCUT2D eigenvalue weighted by Gasteiger charge is 2.19. The van der Waals surface area contributed by atoms with Gasteiger partial charge in [-0.25, -0.2) is 10.5 Å². The van der Waals surface area contributed by atoms with Crippen molar-refractivity contribution in [3.05, 3.63) is 108 Å². The van der Waals surface area contributed by atoms with Crippen molar-refractivity contribution in [1.29, 1.82) is 5.53 Å². The van der Waals surface area contributed by atoms with Gasteiger partial charge in [0.1, 0.15) is 11.0 Å². The van der Waals surface area contributed by atoms with Gasteiger partial charge in [-0.2, -0.15) is 5.11 Å². The largest absolute Gasteiger partial charge is 0.238 e. The van der Waals surface area contributed by atoms with Crippen molar-refractivity contribution >= 4 is 17.4 Å². The summed E-state index contributed by atoms with van der Waals surface area (Å²) >= 11 is 1.60. The molecule has 4 rings (SSSR count). The van der Waals surface area contributed by atoms with Gasteiger partial charge in [-0.3, -0.25) is 0 Å². The highest BCUT2D eigenvalue weighted by Crippen LogP contribution is 2.39. The fraction of sp³-hybridized carbons (Fsp3) is 0.0417. The molecule has 0 spiro atoms. The molecule has 0 saturated carbocycles. The number of hydrogen-bond acceptors (Lipinski definition) is 4. The van der Waals surface area contributed by atoms with E-state index in [0.29, 0.717) is 0 Å². The van der Waals surface area contributed by atoms with Gasteiger partial charge in [-0.05, 0) is 11.1 Å². The van der Waals surface area contributed by atoms with Gasteiger partial charge in [0.2, 0.25) is 0 Å². The number of hydrogen-bond donors (Lipinski definition) is 1. The molecular formula is C24H19N3S. The van der Waals surface area contributed by atoms with Gasteiger partial charge < -0.3 is 0 Å². The molecule has 28 heavy (non-hydrogen) atoms. The maximum Gasteiger partial charge on any atom is 0.140 e. The van der Waals surface area contributed by atoms with Crippen molar-refractivity contribution in [2.24, 2.45) is 5.11 Å². The summed E-state index contributed by atoms with van der Waals surface area (Å²) < 4.78 is 0. The maximum absolute atomic E-state index is 7.69. The first kappa shape index (κ1) is 18.0. The van der Waals surface area contributed by atoms with Crippen LogP contribution >= 0.6 is 11.3 Å². The normalized spacial score (nSPS) is 12.1. The van der Waals surface area contributed by atoms with E-state index in [1.807, 2.05) is 78.9 Å². The number of nitrogens with one attached hydrogen (secondary N) is 1. The third kappa shape index (κ3) is 3.97. The van der Waals surface area contributed by atoms with Crippen LogP contribution in [0.2, 0.25) is 0 Å². The Morgan fingerprint density at radius 2 is 1.36 bits per heavy atom. The summed E-state index contributed by atoms with van der Waals surface area (Å²) in [7, 11) is 0. The lowest BCUT2D eigenvalue weighted by atomic mass is 10.1. The Morgan fingerprint density at radius 1 is 0.786 bits per heavy atom. The molecule has 4 heteroatoms. The molecule has 0 aliphatic heterocycles. The van der Waals surface area contributed by atoms with E-state index >= 15 is 0 Å². The van der Waals surface area contributed by atoms with Crippen LogP contribution in [0.15, 0.2) is 102 Å². The van der Waals surface area contributed by atoms with Crippen molar-refractivity contribution < 1.29 is 0 Å². The molecule has 0 bridgehead atoms. The van der Waals surface area contributed by atoms with Crippen LogP contribution in [-0.2, 0) is 0 Å². The molecule has 0 radical (unpaired) electrons. The van der Waals surface area contributed by atoms with E-state index in [2.05, 4.69) is 29.4 Å². The predicted octanol–water partition coefficient (Wildman–Crippen LogP) is 7.26. The Hall–Kier alpha value is -3.37. The average Bonchev–Trinajstić information content (AvgIpc) is 3.21. The smallest absolute Gasteiger partial charge is 0.140 e. The summed E-state index contributed by atoms with van der Waals surface area (Å²) in [5, 5.41) is 4.65. The van der Waals surface area contributed by atoms with E-state index in [0.717, 1.165) is 32.3 Å². The second-order valence-electron chi connectivity index (χ2n) is 6.31. The van der Waals surface area contributed by atoms with Crippen LogP contribution < -0.4 is 0 Å². The monoisotopic (exact) mass is 381 g/mol. The highest BCUT2D eigenvalue weighted by molar-refractivity contribution is 7.15. The van der Waals surface area contributed by atoms with E-state index in [1.165, 1.54) is 0 Å². The van der Waals surface area contributed by atoms with Gasteiger partial charge in [0, 0.05) is 5.56 Å². The van der Waals surface area contributed by atoms with Crippen molar-refractivity contribution in [3.63, 3.8) is 0 Å². The average molecular weight is 382 g/mol. The number of nitrogens with zero attached hydrogens (tertiary/aromatic N) is 2. The minimum absolute atomic E-state index is 0.398. The second kappa shape index (κ2) is 8.55. The van der Waals surface area contributed by atoms with Crippen LogP contribution in [-0.4, -0.2) is 4.98 Å². The molecule has 136 valence electrons. The van der Waals surface area contributed by atoms with E-state index in [9.17, 15) is 0 Å². The summed E-state index contributed by atoms with van der Waals surface area (Å²) in [6, 6.07) is 30.1. The van der Waals surface area contributed by atoms with Crippen molar-refractivity contribution in [1.82, 2.24) is 4.98 Å². The maximum atomic E-state index is 7.69. The quantitative estimate of drug-likeness (QED) is 0.351.